The number of aliphatic hydroxyl groups excluding tert-OH is 1. The van der Waals surface area contributed by atoms with Gasteiger partial charge in [-0.25, -0.2) is 8.78 Å². The van der Waals surface area contributed by atoms with Crippen LogP contribution in [0.5, 0.6) is 5.75 Å². The fourth-order valence-corrected chi connectivity index (χ4v) is 2.55. The minimum atomic E-state index is -0.993. The summed E-state index contributed by atoms with van der Waals surface area (Å²) >= 11 is 3.02. The van der Waals surface area contributed by atoms with Crippen LogP contribution in [-0.4, -0.2) is 12.2 Å². The van der Waals surface area contributed by atoms with Gasteiger partial charge >= 0.3 is 0 Å². The first kappa shape index (κ1) is 15.9. The minimum Gasteiger partial charge on any atom is -0.496 e. The van der Waals surface area contributed by atoms with Crippen molar-refractivity contribution in [2.24, 2.45) is 0 Å². The van der Waals surface area contributed by atoms with E-state index >= 15 is 0 Å². The first-order valence-corrected chi connectivity index (χ1v) is 7.18. The second-order valence-corrected chi connectivity index (χ2v) is 5.63. The Kier molecular flexibility index (Phi) is 4.96. The Morgan fingerprint density at radius 2 is 1.95 bits per heavy atom. The van der Waals surface area contributed by atoms with E-state index in [4.69, 9.17) is 4.74 Å². The van der Waals surface area contributed by atoms with E-state index in [0.717, 1.165) is 5.56 Å². The molecule has 0 aliphatic heterocycles. The van der Waals surface area contributed by atoms with Gasteiger partial charge in [-0.1, -0.05) is 6.07 Å². The number of benzene rings is 2. The van der Waals surface area contributed by atoms with Crippen molar-refractivity contribution in [2.75, 3.05) is 7.11 Å². The first-order chi connectivity index (χ1) is 9.93. The van der Waals surface area contributed by atoms with Gasteiger partial charge in [0.25, 0.3) is 0 Å². The number of hydrogen-bond acceptors (Lipinski definition) is 2. The molecule has 5 heteroatoms. The SMILES string of the molecule is COc1ccc(C(O)Cc2c(F)ccc(Br)c2F)cc1C. The van der Waals surface area contributed by atoms with E-state index in [9.17, 15) is 13.9 Å². The van der Waals surface area contributed by atoms with E-state index in [0.29, 0.717) is 11.3 Å². The Morgan fingerprint density at radius 3 is 2.57 bits per heavy atom. The van der Waals surface area contributed by atoms with E-state index in [1.165, 1.54) is 12.1 Å². The van der Waals surface area contributed by atoms with Crippen molar-refractivity contribution in [1.29, 1.82) is 0 Å². The summed E-state index contributed by atoms with van der Waals surface area (Å²) in [5.74, 6) is -0.648. The average molecular weight is 357 g/mol. The number of rotatable bonds is 4. The number of methoxy groups -OCH3 is 1. The van der Waals surface area contributed by atoms with E-state index in [1.54, 1.807) is 25.3 Å². The fourth-order valence-electron chi connectivity index (χ4n) is 2.18. The molecule has 0 radical (unpaired) electrons. The number of aryl methyl sites for hydroxylation is 1. The topological polar surface area (TPSA) is 29.5 Å². The molecule has 0 aromatic heterocycles. The molecule has 21 heavy (non-hydrogen) atoms. The van der Waals surface area contributed by atoms with Gasteiger partial charge in [-0.2, -0.15) is 0 Å². The second kappa shape index (κ2) is 6.54. The molecule has 0 saturated carbocycles. The Labute approximate surface area is 130 Å². The summed E-state index contributed by atoms with van der Waals surface area (Å²) in [4.78, 5) is 0. The van der Waals surface area contributed by atoms with Crippen LogP contribution in [0.25, 0.3) is 0 Å². The summed E-state index contributed by atoms with van der Waals surface area (Å²) in [7, 11) is 1.56. The van der Waals surface area contributed by atoms with E-state index < -0.39 is 17.7 Å². The van der Waals surface area contributed by atoms with Crippen molar-refractivity contribution in [3.8, 4) is 5.75 Å². The molecule has 0 fully saturated rings. The monoisotopic (exact) mass is 356 g/mol. The zero-order valence-electron chi connectivity index (χ0n) is 11.7. The standard InChI is InChI=1S/C16H15BrF2O2/c1-9-7-10(3-6-15(9)21-2)14(20)8-11-13(18)5-4-12(17)16(11)19/h3-7,14,20H,8H2,1-2H3. The Hall–Kier alpha value is -1.46. The molecule has 0 spiro atoms. The molecular weight excluding hydrogens is 342 g/mol. The van der Waals surface area contributed by atoms with Gasteiger partial charge in [0, 0.05) is 12.0 Å². The lowest BCUT2D eigenvalue weighted by Gasteiger charge is -2.15. The fraction of sp³-hybridized carbons (Fsp3) is 0.250. The van der Waals surface area contributed by atoms with Crippen LogP contribution < -0.4 is 4.74 Å². The maximum Gasteiger partial charge on any atom is 0.143 e. The molecule has 2 nitrogen and oxygen atoms in total. The van der Waals surface area contributed by atoms with Crippen molar-refractivity contribution >= 4 is 15.9 Å². The van der Waals surface area contributed by atoms with Crippen molar-refractivity contribution in [1.82, 2.24) is 0 Å². The van der Waals surface area contributed by atoms with Crippen LogP contribution in [0.3, 0.4) is 0 Å². The van der Waals surface area contributed by atoms with Gasteiger partial charge in [-0.15, -0.1) is 0 Å². The largest absolute Gasteiger partial charge is 0.496 e. The predicted octanol–water partition coefficient (Wildman–Crippen LogP) is 4.32. The van der Waals surface area contributed by atoms with Crippen molar-refractivity contribution in [3.63, 3.8) is 0 Å². The molecule has 0 aliphatic carbocycles. The van der Waals surface area contributed by atoms with Crippen LogP contribution in [0, 0.1) is 18.6 Å². The molecule has 0 amide bonds. The molecule has 2 aromatic carbocycles. The first-order valence-electron chi connectivity index (χ1n) is 6.39. The van der Waals surface area contributed by atoms with Crippen molar-refractivity contribution in [3.05, 3.63) is 63.1 Å². The van der Waals surface area contributed by atoms with Crippen LogP contribution in [0.4, 0.5) is 8.78 Å². The highest BCUT2D eigenvalue weighted by atomic mass is 79.9. The normalized spacial score (nSPS) is 12.3. The highest BCUT2D eigenvalue weighted by Gasteiger charge is 2.18. The van der Waals surface area contributed by atoms with E-state index in [1.807, 2.05) is 6.92 Å². The molecule has 2 rings (SSSR count). The molecular formula is C16H15BrF2O2. The number of hydrogen-bond donors (Lipinski definition) is 1. The Morgan fingerprint density at radius 1 is 1.24 bits per heavy atom. The van der Waals surface area contributed by atoms with Gasteiger partial charge in [-0.3, -0.25) is 0 Å². The van der Waals surface area contributed by atoms with Gasteiger partial charge in [0.2, 0.25) is 0 Å². The van der Waals surface area contributed by atoms with E-state index in [2.05, 4.69) is 15.9 Å². The maximum atomic E-state index is 13.9. The minimum absolute atomic E-state index is 0.134. The van der Waals surface area contributed by atoms with Gasteiger partial charge in [-0.05, 0) is 58.2 Å². The van der Waals surface area contributed by atoms with Crippen LogP contribution in [0.2, 0.25) is 0 Å². The van der Waals surface area contributed by atoms with Crippen LogP contribution >= 0.6 is 15.9 Å². The highest BCUT2D eigenvalue weighted by Crippen LogP contribution is 2.28. The average Bonchev–Trinajstić information content (AvgIpc) is 2.47. The molecule has 0 saturated heterocycles. The maximum absolute atomic E-state index is 13.9. The van der Waals surface area contributed by atoms with Crippen LogP contribution in [0.1, 0.15) is 22.8 Å². The predicted molar refractivity (Wildman–Crippen MR) is 80.5 cm³/mol. The quantitative estimate of drug-likeness (QED) is 0.826. The summed E-state index contributed by atoms with van der Waals surface area (Å²) in [5.41, 5.74) is 1.31. The third-order valence-electron chi connectivity index (χ3n) is 3.34. The summed E-state index contributed by atoms with van der Waals surface area (Å²) < 4.78 is 33.0. The van der Waals surface area contributed by atoms with Crippen molar-refractivity contribution < 1.29 is 18.6 Å². The zero-order chi connectivity index (χ0) is 15.6. The third-order valence-corrected chi connectivity index (χ3v) is 3.95. The van der Waals surface area contributed by atoms with Gasteiger partial charge in [0.15, 0.2) is 0 Å². The summed E-state index contributed by atoms with van der Waals surface area (Å²) in [5, 5.41) is 10.2. The molecule has 1 unspecified atom stereocenters. The van der Waals surface area contributed by atoms with Crippen LogP contribution in [0.15, 0.2) is 34.8 Å². The lowest BCUT2D eigenvalue weighted by Crippen LogP contribution is -2.06. The number of halogens is 3. The van der Waals surface area contributed by atoms with Gasteiger partial charge in [0.05, 0.1) is 17.7 Å². The highest BCUT2D eigenvalue weighted by molar-refractivity contribution is 9.10. The molecule has 2 aromatic rings. The summed E-state index contributed by atoms with van der Waals surface area (Å²) in [6.07, 6.45) is -1.13. The molecule has 0 bridgehead atoms. The Balaban J connectivity index is 2.28. The number of ether oxygens (including phenoxy) is 1. The molecule has 0 aliphatic rings. The van der Waals surface area contributed by atoms with Gasteiger partial charge in [0.1, 0.15) is 17.4 Å². The molecule has 1 N–H and O–H groups in total. The molecule has 0 heterocycles. The van der Waals surface area contributed by atoms with Gasteiger partial charge < -0.3 is 9.84 Å². The summed E-state index contributed by atoms with van der Waals surface area (Å²) in [6.45, 7) is 1.84. The zero-order valence-corrected chi connectivity index (χ0v) is 13.2. The number of aliphatic hydroxyl groups is 1. The summed E-state index contributed by atoms with van der Waals surface area (Å²) in [6, 6.07) is 7.63. The van der Waals surface area contributed by atoms with Crippen molar-refractivity contribution in [2.45, 2.75) is 19.4 Å². The molecule has 1 atom stereocenters. The third kappa shape index (κ3) is 3.41. The lowest BCUT2D eigenvalue weighted by molar-refractivity contribution is 0.175. The second-order valence-electron chi connectivity index (χ2n) is 4.77. The van der Waals surface area contributed by atoms with Crippen LogP contribution in [-0.2, 0) is 6.42 Å². The smallest absolute Gasteiger partial charge is 0.143 e. The lowest BCUT2D eigenvalue weighted by atomic mass is 9.99. The Bertz CT molecular complexity index is 659. The molecule has 112 valence electrons. The van der Waals surface area contributed by atoms with E-state index in [-0.39, 0.29) is 16.5 Å².